The molecule has 1 aliphatic heterocycles. The van der Waals surface area contributed by atoms with Gasteiger partial charge in [0.25, 0.3) is 0 Å². The van der Waals surface area contributed by atoms with Crippen LogP contribution in [0.4, 0.5) is 10.1 Å². The molecule has 1 heterocycles. The maximum absolute atomic E-state index is 13.1. The summed E-state index contributed by atoms with van der Waals surface area (Å²) in [6, 6.07) is 11.0. The highest BCUT2D eigenvalue weighted by Gasteiger charge is 2.37. The second kappa shape index (κ2) is 8.07. The number of amides is 2. The summed E-state index contributed by atoms with van der Waals surface area (Å²) in [6.45, 7) is 0.667. The fraction of sp³-hybridized carbons (Fsp3) is 0.300. The topological polar surface area (TPSA) is 67.9 Å². The molecule has 0 unspecified atom stereocenters. The van der Waals surface area contributed by atoms with Crippen LogP contribution in [0.1, 0.15) is 12.0 Å². The molecule has 2 aromatic rings. The standard InChI is InChI=1S/C20H21FN2O4/c1-26-16-8-3-13(18(11-16)27-2)12-22-19(24)17-9-10-23(20(17)25)15-6-4-14(21)5-7-15/h3-8,11,17H,9-10,12H2,1-2H3,(H,22,24)/t17-/m1/s1. The lowest BCUT2D eigenvalue weighted by atomic mass is 10.1. The summed E-state index contributed by atoms with van der Waals surface area (Å²) in [4.78, 5) is 26.6. The van der Waals surface area contributed by atoms with E-state index in [2.05, 4.69) is 5.32 Å². The van der Waals surface area contributed by atoms with Gasteiger partial charge in [-0.3, -0.25) is 9.59 Å². The Kier molecular flexibility index (Phi) is 5.59. The number of carbonyl (C=O) groups excluding carboxylic acids is 2. The minimum absolute atomic E-state index is 0.242. The number of hydrogen-bond acceptors (Lipinski definition) is 4. The smallest absolute Gasteiger partial charge is 0.239 e. The lowest BCUT2D eigenvalue weighted by Gasteiger charge is -2.17. The van der Waals surface area contributed by atoms with Crippen molar-refractivity contribution in [2.45, 2.75) is 13.0 Å². The monoisotopic (exact) mass is 372 g/mol. The van der Waals surface area contributed by atoms with Crippen LogP contribution in [0.15, 0.2) is 42.5 Å². The molecule has 0 spiro atoms. The van der Waals surface area contributed by atoms with Crippen LogP contribution in [0, 0.1) is 11.7 Å². The first kappa shape index (κ1) is 18.7. The van der Waals surface area contributed by atoms with Crippen molar-refractivity contribution in [1.29, 1.82) is 0 Å². The summed E-state index contributed by atoms with van der Waals surface area (Å²) >= 11 is 0. The molecule has 7 heteroatoms. The summed E-state index contributed by atoms with van der Waals surface area (Å²) in [5.41, 5.74) is 1.38. The first-order valence-electron chi connectivity index (χ1n) is 8.59. The second-order valence-electron chi connectivity index (χ2n) is 6.20. The lowest BCUT2D eigenvalue weighted by Crippen LogP contribution is -2.36. The fourth-order valence-corrected chi connectivity index (χ4v) is 3.10. The number of hydrogen-bond donors (Lipinski definition) is 1. The number of benzene rings is 2. The number of anilines is 1. The Balaban J connectivity index is 1.63. The minimum Gasteiger partial charge on any atom is -0.497 e. The number of carbonyl (C=O) groups is 2. The van der Waals surface area contributed by atoms with Crippen LogP contribution in [-0.2, 0) is 16.1 Å². The summed E-state index contributed by atoms with van der Waals surface area (Å²) in [6.07, 6.45) is 0.418. The summed E-state index contributed by atoms with van der Waals surface area (Å²) in [5.74, 6) is -0.473. The zero-order valence-electron chi connectivity index (χ0n) is 15.2. The Bertz CT molecular complexity index is 838. The van der Waals surface area contributed by atoms with Gasteiger partial charge in [-0.1, -0.05) is 0 Å². The fourth-order valence-electron chi connectivity index (χ4n) is 3.10. The van der Waals surface area contributed by atoms with Gasteiger partial charge in [0.2, 0.25) is 11.8 Å². The third-order valence-electron chi connectivity index (χ3n) is 4.61. The average molecular weight is 372 g/mol. The highest BCUT2D eigenvalue weighted by molar-refractivity contribution is 6.09. The predicted molar refractivity (Wildman–Crippen MR) is 98.3 cm³/mol. The van der Waals surface area contributed by atoms with Crippen molar-refractivity contribution < 1.29 is 23.5 Å². The van der Waals surface area contributed by atoms with Crippen LogP contribution in [0.25, 0.3) is 0 Å². The Morgan fingerprint density at radius 1 is 1.19 bits per heavy atom. The van der Waals surface area contributed by atoms with Crippen LogP contribution in [-0.4, -0.2) is 32.6 Å². The van der Waals surface area contributed by atoms with Crippen LogP contribution in [0.2, 0.25) is 0 Å². The quantitative estimate of drug-likeness (QED) is 0.792. The van der Waals surface area contributed by atoms with E-state index in [1.165, 1.54) is 29.2 Å². The molecule has 1 N–H and O–H groups in total. The van der Waals surface area contributed by atoms with Crippen LogP contribution in [0.5, 0.6) is 11.5 Å². The molecular formula is C20H21FN2O4. The lowest BCUT2D eigenvalue weighted by molar-refractivity contribution is -0.132. The number of methoxy groups -OCH3 is 2. The van der Waals surface area contributed by atoms with Crippen molar-refractivity contribution in [2.24, 2.45) is 5.92 Å². The molecule has 142 valence electrons. The van der Waals surface area contributed by atoms with Crippen molar-refractivity contribution in [1.82, 2.24) is 5.32 Å². The highest BCUT2D eigenvalue weighted by Crippen LogP contribution is 2.27. The second-order valence-corrected chi connectivity index (χ2v) is 6.20. The van der Waals surface area contributed by atoms with Gasteiger partial charge < -0.3 is 19.7 Å². The van der Waals surface area contributed by atoms with E-state index in [-0.39, 0.29) is 24.2 Å². The van der Waals surface area contributed by atoms with E-state index >= 15 is 0 Å². The van der Waals surface area contributed by atoms with Gasteiger partial charge in [0.1, 0.15) is 23.2 Å². The zero-order valence-corrected chi connectivity index (χ0v) is 15.2. The molecule has 1 atom stereocenters. The first-order chi connectivity index (χ1) is 13.0. The van der Waals surface area contributed by atoms with E-state index < -0.39 is 5.92 Å². The van der Waals surface area contributed by atoms with E-state index in [0.29, 0.717) is 30.2 Å². The SMILES string of the molecule is COc1ccc(CNC(=O)[C@H]2CCN(c3ccc(F)cc3)C2=O)c(OC)c1. The Morgan fingerprint density at radius 2 is 1.93 bits per heavy atom. The maximum Gasteiger partial charge on any atom is 0.239 e. The van der Waals surface area contributed by atoms with Crippen LogP contribution in [0.3, 0.4) is 0 Å². The van der Waals surface area contributed by atoms with Crippen LogP contribution < -0.4 is 19.7 Å². The van der Waals surface area contributed by atoms with Gasteiger partial charge >= 0.3 is 0 Å². The number of ether oxygens (including phenoxy) is 2. The van der Waals surface area contributed by atoms with Gasteiger partial charge in [-0.2, -0.15) is 0 Å². The summed E-state index contributed by atoms with van der Waals surface area (Å²) < 4.78 is 23.5. The number of rotatable bonds is 6. The predicted octanol–water partition coefficient (Wildman–Crippen LogP) is 2.51. The normalized spacial score (nSPS) is 16.3. The van der Waals surface area contributed by atoms with E-state index in [9.17, 15) is 14.0 Å². The molecule has 3 rings (SSSR count). The van der Waals surface area contributed by atoms with Crippen molar-refractivity contribution >= 4 is 17.5 Å². The van der Waals surface area contributed by atoms with E-state index in [1.54, 1.807) is 32.4 Å². The van der Waals surface area contributed by atoms with Gasteiger partial charge in [-0.25, -0.2) is 4.39 Å². The average Bonchev–Trinajstić information content (AvgIpc) is 3.08. The van der Waals surface area contributed by atoms with Gasteiger partial charge in [-0.15, -0.1) is 0 Å². The van der Waals surface area contributed by atoms with Gasteiger partial charge in [0.05, 0.1) is 14.2 Å². The molecule has 0 aliphatic carbocycles. The van der Waals surface area contributed by atoms with Gasteiger partial charge in [0, 0.05) is 30.4 Å². The molecule has 6 nitrogen and oxygen atoms in total. The molecule has 0 bridgehead atoms. The molecule has 0 saturated carbocycles. The molecule has 0 aromatic heterocycles. The van der Waals surface area contributed by atoms with E-state index in [0.717, 1.165) is 5.56 Å². The Hall–Kier alpha value is -3.09. The number of nitrogens with one attached hydrogen (secondary N) is 1. The first-order valence-corrected chi connectivity index (χ1v) is 8.59. The third-order valence-corrected chi connectivity index (χ3v) is 4.61. The van der Waals surface area contributed by atoms with Crippen molar-refractivity contribution in [2.75, 3.05) is 25.7 Å². The maximum atomic E-state index is 13.1. The molecule has 2 aromatic carbocycles. The van der Waals surface area contributed by atoms with Crippen molar-refractivity contribution in [3.05, 3.63) is 53.8 Å². The minimum atomic E-state index is -0.751. The summed E-state index contributed by atoms with van der Waals surface area (Å²) in [5, 5.41) is 2.80. The Labute approximate surface area is 156 Å². The molecule has 27 heavy (non-hydrogen) atoms. The Morgan fingerprint density at radius 3 is 2.59 bits per heavy atom. The van der Waals surface area contributed by atoms with Crippen molar-refractivity contribution in [3.8, 4) is 11.5 Å². The molecule has 1 aliphatic rings. The van der Waals surface area contributed by atoms with Gasteiger partial charge in [-0.05, 0) is 42.8 Å². The zero-order chi connectivity index (χ0) is 19.4. The molecule has 1 saturated heterocycles. The molecule has 0 radical (unpaired) electrons. The van der Waals surface area contributed by atoms with Gasteiger partial charge in [0.15, 0.2) is 0 Å². The van der Waals surface area contributed by atoms with Crippen LogP contribution >= 0.6 is 0 Å². The summed E-state index contributed by atoms with van der Waals surface area (Å²) in [7, 11) is 3.11. The largest absolute Gasteiger partial charge is 0.497 e. The molecule has 2 amide bonds. The molecular weight excluding hydrogens is 351 g/mol. The number of nitrogens with zero attached hydrogens (tertiary/aromatic N) is 1. The van der Waals surface area contributed by atoms with E-state index in [1.807, 2.05) is 0 Å². The third kappa shape index (κ3) is 4.02. The number of halogens is 1. The van der Waals surface area contributed by atoms with E-state index in [4.69, 9.17) is 9.47 Å². The van der Waals surface area contributed by atoms with Crippen molar-refractivity contribution in [3.63, 3.8) is 0 Å². The highest BCUT2D eigenvalue weighted by atomic mass is 19.1. The molecule has 1 fully saturated rings.